The molecule has 2 aliphatic rings. The van der Waals surface area contributed by atoms with E-state index in [0.717, 1.165) is 11.3 Å². The molecule has 26 heavy (non-hydrogen) atoms. The number of carbonyl (C=O) groups excluding carboxylic acids is 1. The highest BCUT2D eigenvalue weighted by Crippen LogP contribution is 2.45. The number of halogens is 3. The Hall–Kier alpha value is -2.12. The van der Waals surface area contributed by atoms with Crippen molar-refractivity contribution in [3.05, 3.63) is 23.8 Å². The topological polar surface area (TPSA) is 50.8 Å². The summed E-state index contributed by atoms with van der Waals surface area (Å²) in [6.07, 6.45) is -3.76. The predicted octanol–water partition coefficient (Wildman–Crippen LogP) is 4.28. The molecule has 0 radical (unpaired) electrons. The van der Waals surface area contributed by atoms with Gasteiger partial charge in [0, 0.05) is 30.7 Å². The minimum atomic E-state index is -4.71. The van der Waals surface area contributed by atoms with Crippen molar-refractivity contribution in [2.75, 3.05) is 25.0 Å². The van der Waals surface area contributed by atoms with Crippen LogP contribution in [0.25, 0.3) is 0 Å². The number of carbonyl (C=O) groups is 1. The molecular formula is C18H23F3N2O3. The quantitative estimate of drug-likeness (QED) is 0.800. The molecule has 2 heterocycles. The molecule has 1 aromatic carbocycles. The first-order valence-electron chi connectivity index (χ1n) is 8.60. The van der Waals surface area contributed by atoms with E-state index in [4.69, 9.17) is 4.74 Å². The highest BCUT2D eigenvalue weighted by molar-refractivity contribution is 5.69. The van der Waals surface area contributed by atoms with E-state index < -0.39 is 12.0 Å². The Morgan fingerprint density at radius 3 is 2.42 bits per heavy atom. The second-order valence-corrected chi connectivity index (χ2v) is 7.86. The molecule has 0 bridgehead atoms. The molecule has 3 rings (SSSR count). The Kier molecular flexibility index (Phi) is 4.48. The number of likely N-dealkylation sites (tertiary alicyclic amines) is 1. The molecule has 5 nitrogen and oxygen atoms in total. The van der Waals surface area contributed by atoms with Crippen molar-refractivity contribution < 1.29 is 27.4 Å². The lowest BCUT2D eigenvalue weighted by Crippen LogP contribution is -2.47. The van der Waals surface area contributed by atoms with E-state index in [9.17, 15) is 18.0 Å². The number of alkyl halides is 3. The smallest absolute Gasteiger partial charge is 0.444 e. The first kappa shape index (κ1) is 18.7. The van der Waals surface area contributed by atoms with Gasteiger partial charge >= 0.3 is 12.5 Å². The SMILES string of the molecule is CC(C)(C)OC(=O)N1CCC2(CC1)CNc1ccc(OC(F)(F)F)cc12. The summed E-state index contributed by atoms with van der Waals surface area (Å²) in [5.41, 5.74) is 0.796. The molecule has 0 aliphatic carbocycles. The Morgan fingerprint density at radius 2 is 1.85 bits per heavy atom. The van der Waals surface area contributed by atoms with Crippen LogP contribution in [0, 0.1) is 0 Å². The number of piperidine rings is 1. The number of anilines is 1. The van der Waals surface area contributed by atoms with Gasteiger partial charge in [0.15, 0.2) is 0 Å². The molecule has 1 fully saturated rings. The zero-order chi connectivity index (χ0) is 19.2. The van der Waals surface area contributed by atoms with Crippen molar-refractivity contribution in [3.8, 4) is 5.75 Å². The predicted molar refractivity (Wildman–Crippen MR) is 90.3 cm³/mol. The molecule has 144 valence electrons. The van der Waals surface area contributed by atoms with Crippen molar-refractivity contribution in [3.63, 3.8) is 0 Å². The van der Waals surface area contributed by atoms with Gasteiger partial charge in [-0.25, -0.2) is 4.79 Å². The average Bonchev–Trinajstić information content (AvgIpc) is 2.83. The average molecular weight is 372 g/mol. The van der Waals surface area contributed by atoms with Gasteiger partial charge in [-0.15, -0.1) is 13.2 Å². The molecule has 1 spiro atoms. The van der Waals surface area contributed by atoms with E-state index in [0.29, 0.717) is 32.5 Å². The summed E-state index contributed by atoms with van der Waals surface area (Å²) in [6.45, 7) is 7.09. The normalized spacial score (nSPS) is 19.1. The fourth-order valence-electron chi connectivity index (χ4n) is 3.56. The maximum Gasteiger partial charge on any atom is 0.573 e. The van der Waals surface area contributed by atoms with E-state index in [1.165, 1.54) is 12.1 Å². The molecule has 0 aromatic heterocycles. The van der Waals surface area contributed by atoms with Gasteiger partial charge in [-0.05, 0) is 57.4 Å². The molecule has 0 saturated carbocycles. The molecule has 1 aromatic rings. The molecule has 1 amide bonds. The number of amides is 1. The second kappa shape index (κ2) is 6.25. The van der Waals surface area contributed by atoms with Crippen LogP contribution >= 0.6 is 0 Å². The number of nitrogens with one attached hydrogen (secondary N) is 1. The minimum absolute atomic E-state index is 0.214. The van der Waals surface area contributed by atoms with Gasteiger partial charge in [-0.3, -0.25) is 0 Å². The van der Waals surface area contributed by atoms with Gasteiger partial charge in [0.25, 0.3) is 0 Å². The van der Waals surface area contributed by atoms with Crippen molar-refractivity contribution in [2.45, 2.75) is 51.0 Å². The number of ether oxygens (including phenoxy) is 2. The third-order valence-electron chi connectivity index (χ3n) is 4.79. The van der Waals surface area contributed by atoms with Gasteiger partial charge in [-0.1, -0.05) is 0 Å². The standard InChI is InChI=1S/C18H23F3N2O3/c1-16(2,3)26-15(24)23-8-6-17(7-9-23)11-22-14-5-4-12(10-13(14)17)25-18(19,20)21/h4-5,10,22H,6-9,11H2,1-3H3. The molecular weight excluding hydrogens is 349 g/mol. The zero-order valence-corrected chi connectivity index (χ0v) is 15.1. The van der Waals surface area contributed by atoms with E-state index >= 15 is 0 Å². The van der Waals surface area contributed by atoms with Crippen LogP contribution < -0.4 is 10.1 Å². The molecule has 0 atom stereocenters. The highest BCUT2D eigenvalue weighted by Gasteiger charge is 2.43. The summed E-state index contributed by atoms with van der Waals surface area (Å²) >= 11 is 0. The number of rotatable bonds is 1. The summed E-state index contributed by atoms with van der Waals surface area (Å²) in [4.78, 5) is 13.9. The Labute approximate surface area is 150 Å². The lowest BCUT2D eigenvalue weighted by atomic mass is 9.74. The molecule has 8 heteroatoms. The lowest BCUT2D eigenvalue weighted by molar-refractivity contribution is -0.274. The maximum atomic E-state index is 12.5. The van der Waals surface area contributed by atoms with Gasteiger partial charge in [-0.2, -0.15) is 0 Å². The van der Waals surface area contributed by atoms with Crippen LogP contribution in [0.15, 0.2) is 18.2 Å². The van der Waals surface area contributed by atoms with Gasteiger partial charge in [0.2, 0.25) is 0 Å². The van der Waals surface area contributed by atoms with Crippen LogP contribution in [0.2, 0.25) is 0 Å². The Morgan fingerprint density at radius 1 is 1.19 bits per heavy atom. The van der Waals surface area contributed by atoms with Gasteiger partial charge < -0.3 is 19.7 Å². The molecule has 1 N–H and O–H groups in total. The summed E-state index contributed by atoms with van der Waals surface area (Å²) < 4.78 is 47.0. The van der Waals surface area contributed by atoms with Crippen LogP contribution in [-0.4, -0.2) is 42.6 Å². The molecule has 2 aliphatic heterocycles. The first-order valence-corrected chi connectivity index (χ1v) is 8.60. The molecule has 0 unspecified atom stereocenters. The van der Waals surface area contributed by atoms with Crippen molar-refractivity contribution in [2.24, 2.45) is 0 Å². The van der Waals surface area contributed by atoms with E-state index in [1.807, 2.05) is 20.8 Å². The monoisotopic (exact) mass is 372 g/mol. The maximum absolute atomic E-state index is 12.5. The third kappa shape index (κ3) is 3.99. The van der Waals surface area contributed by atoms with Crippen LogP contribution in [-0.2, 0) is 10.2 Å². The van der Waals surface area contributed by atoms with Crippen LogP contribution in [0.3, 0.4) is 0 Å². The number of hydrogen-bond donors (Lipinski definition) is 1. The van der Waals surface area contributed by atoms with Crippen LogP contribution in [0.4, 0.5) is 23.7 Å². The lowest BCUT2D eigenvalue weighted by Gasteiger charge is -2.39. The first-order chi connectivity index (χ1) is 12.0. The summed E-state index contributed by atoms with van der Waals surface area (Å²) in [5.74, 6) is -0.214. The van der Waals surface area contributed by atoms with E-state index in [-0.39, 0.29) is 17.3 Å². The number of fused-ring (bicyclic) bond motifs is 2. The van der Waals surface area contributed by atoms with E-state index in [2.05, 4.69) is 10.1 Å². The van der Waals surface area contributed by atoms with Crippen LogP contribution in [0.1, 0.15) is 39.2 Å². The largest absolute Gasteiger partial charge is 0.573 e. The van der Waals surface area contributed by atoms with Crippen LogP contribution in [0.5, 0.6) is 5.75 Å². The Balaban J connectivity index is 1.73. The fourth-order valence-corrected chi connectivity index (χ4v) is 3.56. The minimum Gasteiger partial charge on any atom is -0.444 e. The number of benzene rings is 1. The second-order valence-electron chi connectivity index (χ2n) is 7.86. The van der Waals surface area contributed by atoms with Crippen molar-refractivity contribution >= 4 is 11.8 Å². The van der Waals surface area contributed by atoms with Crippen molar-refractivity contribution in [1.82, 2.24) is 4.90 Å². The van der Waals surface area contributed by atoms with E-state index in [1.54, 1.807) is 11.0 Å². The van der Waals surface area contributed by atoms with Gasteiger partial charge in [0.05, 0.1) is 0 Å². The fraction of sp³-hybridized carbons (Fsp3) is 0.611. The number of nitrogens with zero attached hydrogens (tertiary/aromatic N) is 1. The molecule has 1 saturated heterocycles. The zero-order valence-electron chi connectivity index (χ0n) is 15.1. The van der Waals surface area contributed by atoms with Crippen molar-refractivity contribution in [1.29, 1.82) is 0 Å². The number of hydrogen-bond acceptors (Lipinski definition) is 4. The third-order valence-corrected chi connectivity index (χ3v) is 4.79. The highest BCUT2D eigenvalue weighted by atomic mass is 19.4. The van der Waals surface area contributed by atoms with Gasteiger partial charge in [0.1, 0.15) is 11.4 Å². The summed E-state index contributed by atoms with van der Waals surface area (Å²) in [7, 11) is 0. The summed E-state index contributed by atoms with van der Waals surface area (Å²) in [5, 5.41) is 3.26. The Bertz CT molecular complexity index is 690. The summed E-state index contributed by atoms with van der Waals surface area (Å²) in [6, 6.07) is 4.39.